The number of sulfone groups is 1. The molecule has 7 rings (SSSR count). The second-order valence-corrected chi connectivity index (χ2v) is 16.4. The van der Waals surface area contributed by atoms with Gasteiger partial charge in [0, 0.05) is 75.3 Å². The summed E-state index contributed by atoms with van der Waals surface area (Å²) >= 11 is 0. The van der Waals surface area contributed by atoms with Crippen LogP contribution in [0.2, 0.25) is 0 Å². The zero-order valence-corrected chi connectivity index (χ0v) is 29.5. The molecule has 264 valence electrons. The third kappa shape index (κ3) is 7.63. The molecule has 0 N–H and O–H groups in total. The lowest BCUT2D eigenvalue weighted by Gasteiger charge is -2.38. The number of piperazine rings is 1. The Morgan fingerprint density at radius 1 is 0.980 bits per heavy atom. The van der Waals surface area contributed by atoms with Crippen LogP contribution in [0.4, 0.5) is 18.9 Å². The Bertz CT molecular complexity index is 2040. The normalized spacial score (nSPS) is 19.3. The van der Waals surface area contributed by atoms with E-state index < -0.39 is 26.7 Å². The van der Waals surface area contributed by atoms with E-state index >= 15 is 0 Å². The lowest BCUT2D eigenvalue weighted by Crippen LogP contribution is -2.50. The molecule has 16 heteroatoms. The smallest absolute Gasteiger partial charge is 0.379 e. The first kappa shape index (κ1) is 34.7. The van der Waals surface area contributed by atoms with Crippen LogP contribution in [0, 0.1) is 6.92 Å². The first-order valence-electron chi connectivity index (χ1n) is 16.8. The maximum Gasteiger partial charge on any atom is 0.403 e. The standard InChI is InChI=1S/C34H38F3N7O4SSi/c1-23-17-27(49(46,47)22-34(35,36)37)20-38-30(23)29-18-24-19-39-33(40-31(24)44(32(29)45)12-9-41-13-15-48-16-14-41)50-28-6-4-25(5-7-28)43-11-10-42-8-2-3-26(42)21-43/h4-7,17-20,26H,2-3,8-16,21-22H2,1H3. The molecule has 6 heterocycles. The molecule has 11 nitrogen and oxygen atoms in total. The van der Waals surface area contributed by atoms with Crippen molar-refractivity contribution >= 4 is 46.7 Å². The second kappa shape index (κ2) is 14.1. The summed E-state index contributed by atoms with van der Waals surface area (Å²) in [6, 6.07) is 11.9. The molecule has 0 amide bonds. The molecule has 3 aliphatic rings. The number of pyridine rings is 2. The van der Waals surface area contributed by atoms with Gasteiger partial charge in [-0.15, -0.1) is 0 Å². The van der Waals surface area contributed by atoms with Crippen molar-refractivity contribution in [1.29, 1.82) is 0 Å². The number of halogens is 3. The van der Waals surface area contributed by atoms with E-state index in [-0.39, 0.29) is 31.9 Å². The highest BCUT2D eigenvalue weighted by Crippen LogP contribution is 2.27. The number of alkyl halides is 3. The van der Waals surface area contributed by atoms with Gasteiger partial charge in [-0.3, -0.25) is 24.1 Å². The Kier molecular flexibility index (Phi) is 9.82. The van der Waals surface area contributed by atoms with Crippen molar-refractivity contribution in [2.75, 3.05) is 69.7 Å². The lowest BCUT2D eigenvalue weighted by molar-refractivity contribution is -0.106. The summed E-state index contributed by atoms with van der Waals surface area (Å²) in [5, 5.41) is 1.67. The highest BCUT2D eigenvalue weighted by molar-refractivity contribution is 7.91. The SMILES string of the molecule is Cc1cc(S(=O)(=O)CC(F)(F)F)cnc1-c1cc2cnc([Si]c3ccc(N4CCN5CCCC5C4)cc3)nc2n(CCN2CCOCC2)c1=O. The summed E-state index contributed by atoms with van der Waals surface area (Å²) in [5.41, 5.74) is 2.52. The molecule has 1 atom stereocenters. The Hall–Kier alpha value is -3.70. The van der Waals surface area contributed by atoms with Crippen LogP contribution in [0.3, 0.4) is 0 Å². The van der Waals surface area contributed by atoms with Crippen molar-refractivity contribution in [2.45, 2.75) is 43.4 Å². The van der Waals surface area contributed by atoms with Crippen molar-refractivity contribution in [2.24, 2.45) is 0 Å². The van der Waals surface area contributed by atoms with Crippen LogP contribution >= 0.6 is 0 Å². The van der Waals surface area contributed by atoms with Crippen molar-refractivity contribution in [3.05, 3.63) is 64.7 Å². The van der Waals surface area contributed by atoms with E-state index in [1.54, 1.807) is 16.8 Å². The topological polar surface area (TPSA) is 114 Å². The van der Waals surface area contributed by atoms with Crippen molar-refractivity contribution in [1.82, 2.24) is 29.3 Å². The summed E-state index contributed by atoms with van der Waals surface area (Å²) < 4.78 is 70.7. The highest BCUT2D eigenvalue weighted by atomic mass is 32.2. The van der Waals surface area contributed by atoms with Crippen LogP contribution in [0.15, 0.2) is 58.5 Å². The number of rotatable bonds is 9. The number of fused-ring (bicyclic) bond motifs is 2. The maximum atomic E-state index is 14.2. The average Bonchev–Trinajstić information content (AvgIpc) is 3.56. The largest absolute Gasteiger partial charge is 0.403 e. The molecule has 3 aliphatic heterocycles. The molecule has 0 bridgehead atoms. The first-order valence-corrected chi connectivity index (χ1v) is 19.4. The molecule has 0 spiro atoms. The Labute approximate surface area is 290 Å². The monoisotopic (exact) mass is 725 g/mol. The molecule has 3 aromatic heterocycles. The number of hydrogen-bond acceptors (Lipinski definition) is 10. The number of aryl methyl sites for hydroxylation is 1. The molecule has 4 aromatic rings. The van der Waals surface area contributed by atoms with Crippen LogP contribution < -0.4 is 21.1 Å². The van der Waals surface area contributed by atoms with E-state index in [0.29, 0.717) is 48.8 Å². The van der Waals surface area contributed by atoms with Gasteiger partial charge < -0.3 is 9.64 Å². The number of hydrogen-bond donors (Lipinski definition) is 0. The Morgan fingerprint density at radius 3 is 2.50 bits per heavy atom. The lowest BCUT2D eigenvalue weighted by atomic mass is 10.1. The van der Waals surface area contributed by atoms with Gasteiger partial charge >= 0.3 is 6.18 Å². The first-order chi connectivity index (χ1) is 23.9. The molecule has 50 heavy (non-hydrogen) atoms. The van der Waals surface area contributed by atoms with E-state index in [4.69, 9.17) is 9.72 Å². The number of aromatic nitrogens is 4. The zero-order chi connectivity index (χ0) is 35.0. The Morgan fingerprint density at radius 2 is 1.76 bits per heavy atom. The molecule has 1 aromatic carbocycles. The van der Waals surface area contributed by atoms with Crippen LogP contribution in [0.1, 0.15) is 18.4 Å². The van der Waals surface area contributed by atoms with Crippen LogP contribution in [-0.4, -0.2) is 124 Å². The Balaban J connectivity index is 1.18. The maximum absolute atomic E-state index is 14.2. The van der Waals surface area contributed by atoms with Gasteiger partial charge in [0.2, 0.25) is 0 Å². The average molecular weight is 726 g/mol. The molecule has 1 unspecified atom stereocenters. The number of anilines is 1. The predicted molar refractivity (Wildman–Crippen MR) is 185 cm³/mol. The van der Waals surface area contributed by atoms with E-state index in [2.05, 4.69) is 48.9 Å². The third-order valence-corrected chi connectivity index (χ3v) is 12.4. The van der Waals surface area contributed by atoms with Crippen molar-refractivity contribution in [3.63, 3.8) is 0 Å². The number of ether oxygens (including phenoxy) is 1. The van der Waals surface area contributed by atoms with Gasteiger partial charge in [-0.2, -0.15) is 13.2 Å². The van der Waals surface area contributed by atoms with Gasteiger partial charge in [0.15, 0.2) is 25.1 Å². The fourth-order valence-corrected chi connectivity index (χ4v) is 9.12. The molecule has 3 fully saturated rings. The van der Waals surface area contributed by atoms with E-state index in [1.165, 1.54) is 32.0 Å². The van der Waals surface area contributed by atoms with Gasteiger partial charge in [-0.25, -0.2) is 18.4 Å². The summed E-state index contributed by atoms with van der Waals surface area (Å²) in [6.45, 7) is 9.46. The van der Waals surface area contributed by atoms with Crippen LogP contribution in [0.25, 0.3) is 22.3 Å². The van der Waals surface area contributed by atoms with Gasteiger partial charge in [0.05, 0.1) is 29.4 Å². The quantitative estimate of drug-likeness (QED) is 0.237. The molecule has 2 radical (unpaired) electrons. The summed E-state index contributed by atoms with van der Waals surface area (Å²) in [7, 11) is -4.50. The zero-order valence-electron chi connectivity index (χ0n) is 27.7. The number of morpholine rings is 1. The third-order valence-electron chi connectivity index (χ3n) is 9.67. The van der Waals surface area contributed by atoms with Gasteiger partial charge in [0.25, 0.3) is 5.56 Å². The molecule has 0 saturated carbocycles. The predicted octanol–water partition coefficient (Wildman–Crippen LogP) is 1.77. The minimum absolute atomic E-state index is 0.162. The van der Waals surface area contributed by atoms with Gasteiger partial charge in [-0.1, -0.05) is 17.3 Å². The fraction of sp³-hybridized carbons (Fsp3) is 0.471. The summed E-state index contributed by atoms with van der Waals surface area (Å²) in [5.74, 6) is -1.99. The molecular weight excluding hydrogens is 688 g/mol. The van der Waals surface area contributed by atoms with Gasteiger partial charge in [-0.05, 0) is 56.1 Å². The second-order valence-electron chi connectivity index (χ2n) is 13.1. The van der Waals surface area contributed by atoms with Crippen LogP contribution in [0.5, 0.6) is 0 Å². The van der Waals surface area contributed by atoms with E-state index in [9.17, 15) is 26.4 Å². The molecule has 3 saturated heterocycles. The minimum Gasteiger partial charge on any atom is -0.379 e. The van der Waals surface area contributed by atoms with Crippen LogP contribution in [-0.2, 0) is 21.1 Å². The van der Waals surface area contributed by atoms with Crippen molar-refractivity contribution < 1.29 is 26.3 Å². The number of nitrogens with zero attached hydrogens (tertiary/aromatic N) is 7. The van der Waals surface area contributed by atoms with E-state index in [0.717, 1.165) is 50.2 Å². The molecular formula is C34H38F3N7O4SSi. The van der Waals surface area contributed by atoms with Crippen molar-refractivity contribution in [3.8, 4) is 11.3 Å². The summed E-state index contributed by atoms with van der Waals surface area (Å²) in [4.78, 5) is 34.6. The molecule has 0 aliphatic carbocycles. The number of benzene rings is 1. The fourth-order valence-electron chi connectivity index (χ4n) is 7.07. The minimum atomic E-state index is -4.90. The summed E-state index contributed by atoms with van der Waals surface area (Å²) in [6.07, 6.45) is 0.187. The highest BCUT2D eigenvalue weighted by Gasteiger charge is 2.36. The van der Waals surface area contributed by atoms with E-state index in [1.807, 2.05) is 0 Å². The van der Waals surface area contributed by atoms with Gasteiger partial charge in [0.1, 0.15) is 11.1 Å².